The molecule has 1 aromatic carbocycles. The lowest BCUT2D eigenvalue weighted by Crippen LogP contribution is -2.23. The Morgan fingerprint density at radius 3 is 2.57 bits per heavy atom. The standard InChI is InChI=1S/C11H10FNO/c12-10-3-1-9(2-4-10)11(7-13)5-6-14-8-11/h1-4H,5-6,8H2. The summed E-state index contributed by atoms with van der Waals surface area (Å²) >= 11 is 0. The highest BCUT2D eigenvalue weighted by Gasteiger charge is 2.36. The van der Waals surface area contributed by atoms with Crippen molar-refractivity contribution in [3.05, 3.63) is 35.6 Å². The van der Waals surface area contributed by atoms with E-state index in [2.05, 4.69) is 6.07 Å². The molecule has 0 aromatic heterocycles. The Morgan fingerprint density at radius 1 is 1.36 bits per heavy atom. The van der Waals surface area contributed by atoms with Gasteiger partial charge in [-0.25, -0.2) is 4.39 Å². The van der Waals surface area contributed by atoms with Crippen LogP contribution in [0, 0.1) is 17.1 Å². The summed E-state index contributed by atoms with van der Waals surface area (Å²) in [5.74, 6) is -0.277. The zero-order valence-corrected chi connectivity index (χ0v) is 7.66. The van der Waals surface area contributed by atoms with Crippen LogP contribution in [0.2, 0.25) is 0 Å². The van der Waals surface area contributed by atoms with Gasteiger partial charge in [-0.2, -0.15) is 5.26 Å². The molecule has 0 bridgehead atoms. The second-order valence-electron chi connectivity index (χ2n) is 3.50. The third kappa shape index (κ3) is 1.38. The molecule has 1 saturated heterocycles. The highest BCUT2D eigenvalue weighted by Crippen LogP contribution is 2.32. The topological polar surface area (TPSA) is 33.0 Å². The van der Waals surface area contributed by atoms with Crippen molar-refractivity contribution in [1.29, 1.82) is 5.26 Å². The van der Waals surface area contributed by atoms with E-state index in [1.165, 1.54) is 12.1 Å². The molecule has 0 saturated carbocycles. The van der Waals surface area contributed by atoms with Gasteiger partial charge in [-0.15, -0.1) is 0 Å². The minimum atomic E-state index is -0.562. The highest BCUT2D eigenvalue weighted by atomic mass is 19.1. The first-order valence-corrected chi connectivity index (χ1v) is 4.52. The zero-order valence-electron chi connectivity index (χ0n) is 7.66. The highest BCUT2D eigenvalue weighted by molar-refractivity contribution is 5.33. The monoisotopic (exact) mass is 191 g/mol. The van der Waals surface area contributed by atoms with Gasteiger partial charge in [0.2, 0.25) is 0 Å². The normalized spacial score (nSPS) is 26.0. The molecule has 1 aliphatic heterocycles. The molecular weight excluding hydrogens is 181 g/mol. The van der Waals surface area contributed by atoms with Gasteiger partial charge in [0, 0.05) is 6.61 Å². The smallest absolute Gasteiger partial charge is 0.123 e. The fraction of sp³-hybridized carbons (Fsp3) is 0.364. The Kier molecular flexibility index (Phi) is 2.22. The van der Waals surface area contributed by atoms with E-state index in [-0.39, 0.29) is 5.82 Å². The summed E-state index contributed by atoms with van der Waals surface area (Å²) in [6.07, 6.45) is 0.690. The van der Waals surface area contributed by atoms with Gasteiger partial charge in [-0.05, 0) is 24.1 Å². The second-order valence-corrected chi connectivity index (χ2v) is 3.50. The Morgan fingerprint density at radius 2 is 2.07 bits per heavy atom. The van der Waals surface area contributed by atoms with Crippen molar-refractivity contribution in [2.24, 2.45) is 0 Å². The van der Waals surface area contributed by atoms with Crippen LogP contribution in [0.5, 0.6) is 0 Å². The lowest BCUT2D eigenvalue weighted by Gasteiger charge is -2.18. The maximum atomic E-state index is 12.7. The molecular formula is C11H10FNO. The summed E-state index contributed by atoms with van der Waals surface area (Å²) in [4.78, 5) is 0. The SMILES string of the molecule is N#CC1(c2ccc(F)cc2)CCOC1. The predicted molar refractivity (Wildman–Crippen MR) is 49.1 cm³/mol. The van der Waals surface area contributed by atoms with Gasteiger partial charge in [0.25, 0.3) is 0 Å². The Labute approximate surface area is 81.9 Å². The quantitative estimate of drug-likeness (QED) is 0.680. The van der Waals surface area contributed by atoms with Gasteiger partial charge in [0.1, 0.15) is 11.2 Å². The number of hydrogen-bond donors (Lipinski definition) is 0. The maximum absolute atomic E-state index is 12.7. The third-order valence-corrected chi connectivity index (χ3v) is 2.63. The van der Waals surface area contributed by atoms with Gasteiger partial charge < -0.3 is 4.74 Å². The van der Waals surface area contributed by atoms with Crippen LogP contribution in [-0.4, -0.2) is 13.2 Å². The number of nitrogens with zero attached hydrogens (tertiary/aromatic N) is 1. The minimum Gasteiger partial charge on any atom is -0.379 e. The van der Waals surface area contributed by atoms with E-state index in [0.29, 0.717) is 19.6 Å². The van der Waals surface area contributed by atoms with Crippen molar-refractivity contribution >= 4 is 0 Å². The molecule has 0 aliphatic carbocycles. The van der Waals surface area contributed by atoms with E-state index in [1.807, 2.05) is 0 Å². The average Bonchev–Trinajstić information content (AvgIpc) is 2.68. The first-order valence-electron chi connectivity index (χ1n) is 4.52. The van der Waals surface area contributed by atoms with Crippen molar-refractivity contribution in [2.45, 2.75) is 11.8 Å². The van der Waals surface area contributed by atoms with E-state index in [1.54, 1.807) is 12.1 Å². The Hall–Kier alpha value is -1.40. The molecule has 1 aromatic rings. The molecule has 0 N–H and O–H groups in total. The molecule has 2 nitrogen and oxygen atoms in total. The zero-order chi connectivity index (χ0) is 10.0. The summed E-state index contributed by atoms with van der Waals surface area (Å²) in [6.45, 7) is 1.01. The van der Waals surface area contributed by atoms with Crippen LogP contribution in [-0.2, 0) is 10.2 Å². The average molecular weight is 191 g/mol. The largest absolute Gasteiger partial charge is 0.379 e. The molecule has 1 unspecified atom stereocenters. The molecule has 0 spiro atoms. The van der Waals surface area contributed by atoms with E-state index < -0.39 is 5.41 Å². The molecule has 0 amide bonds. The van der Waals surface area contributed by atoms with Crippen molar-refractivity contribution in [1.82, 2.24) is 0 Å². The molecule has 1 fully saturated rings. The summed E-state index contributed by atoms with van der Waals surface area (Å²) in [6, 6.07) is 8.35. The van der Waals surface area contributed by atoms with Gasteiger partial charge >= 0.3 is 0 Å². The molecule has 3 heteroatoms. The third-order valence-electron chi connectivity index (χ3n) is 2.63. The summed E-state index contributed by atoms with van der Waals surface area (Å²) in [7, 11) is 0. The maximum Gasteiger partial charge on any atom is 0.123 e. The fourth-order valence-electron chi connectivity index (χ4n) is 1.71. The molecule has 1 atom stereocenters. The van der Waals surface area contributed by atoms with Crippen LogP contribution in [0.3, 0.4) is 0 Å². The van der Waals surface area contributed by atoms with Gasteiger partial charge in [0.15, 0.2) is 0 Å². The summed E-state index contributed by atoms with van der Waals surface area (Å²) in [5, 5.41) is 9.12. The van der Waals surface area contributed by atoms with E-state index >= 15 is 0 Å². The van der Waals surface area contributed by atoms with Crippen LogP contribution >= 0.6 is 0 Å². The van der Waals surface area contributed by atoms with E-state index in [9.17, 15) is 4.39 Å². The summed E-state index contributed by atoms with van der Waals surface area (Å²) in [5.41, 5.74) is 0.284. The van der Waals surface area contributed by atoms with Gasteiger partial charge in [-0.1, -0.05) is 12.1 Å². The van der Waals surface area contributed by atoms with E-state index in [4.69, 9.17) is 10.00 Å². The molecule has 0 radical (unpaired) electrons. The number of nitriles is 1. The minimum absolute atomic E-state index is 0.277. The Bertz CT molecular complexity index is 360. The van der Waals surface area contributed by atoms with Crippen LogP contribution in [0.15, 0.2) is 24.3 Å². The number of benzene rings is 1. The first kappa shape index (κ1) is 9.17. The van der Waals surface area contributed by atoms with Crippen molar-refractivity contribution < 1.29 is 9.13 Å². The van der Waals surface area contributed by atoms with Crippen molar-refractivity contribution in [2.75, 3.05) is 13.2 Å². The number of halogens is 1. The number of ether oxygens (including phenoxy) is 1. The second kappa shape index (κ2) is 3.39. The van der Waals surface area contributed by atoms with Crippen LogP contribution in [0.4, 0.5) is 4.39 Å². The number of hydrogen-bond acceptors (Lipinski definition) is 2. The van der Waals surface area contributed by atoms with Crippen molar-refractivity contribution in [3.63, 3.8) is 0 Å². The predicted octanol–water partition coefficient (Wildman–Crippen LogP) is 2.01. The lowest BCUT2D eigenvalue weighted by atomic mass is 9.81. The van der Waals surface area contributed by atoms with Crippen molar-refractivity contribution in [3.8, 4) is 6.07 Å². The molecule has 14 heavy (non-hydrogen) atoms. The molecule has 1 heterocycles. The van der Waals surface area contributed by atoms with Gasteiger partial charge in [0.05, 0.1) is 12.7 Å². The van der Waals surface area contributed by atoms with Crippen LogP contribution in [0.25, 0.3) is 0 Å². The summed E-state index contributed by atoms with van der Waals surface area (Å²) < 4.78 is 17.9. The lowest BCUT2D eigenvalue weighted by molar-refractivity contribution is 0.186. The molecule has 72 valence electrons. The van der Waals surface area contributed by atoms with Gasteiger partial charge in [-0.3, -0.25) is 0 Å². The number of rotatable bonds is 1. The van der Waals surface area contributed by atoms with Crippen LogP contribution < -0.4 is 0 Å². The van der Waals surface area contributed by atoms with E-state index in [0.717, 1.165) is 5.56 Å². The first-order chi connectivity index (χ1) is 6.77. The fourth-order valence-corrected chi connectivity index (χ4v) is 1.71. The van der Waals surface area contributed by atoms with Crippen LogP contribution in [0.1, 0.15) is 12.0 Å². The molecule has 2 rings (SSSR count). The molecule has 1 aliphatic rings. The Balaban J connectivity index is 2.37.